The van der Waals surface area contributed by atoms with Crippen molar-refractivity contribution in [2.24, 2.45) is 0 Å². The molecule has 2 N–H and O–H groups in total. The zero-order chi connectivity index (χ0) is 20.4. The minimum atomic E-state index is -0.869. The van der Waals surface area contributed by atoms with Crippen LogP contribution in [0.4, 0.5) is 8.78 Å². The van der Waals surface area contributed by atoms with Gasteiger partial charge in [0.15, 0.2) is 11.6 Å². The molecule has 1 saturated heterocycles. The Balaban J connectivity index is 1.55. The zero-order valence-electron chi connectivity index (χ0n) is 16.0. The number of carbonyl (C=O) groups is 1. The molecule has 3 aromatic rings. The van der Waals surface area contributed by atoms with Crippen LogP contribution < -0.4 is 10.6 Å². The SMILES string of the molecule is Cc1nn(-c2ccccc2)cc1C(=O)NC1CNCCC1c1ccc(F)c(F)c1. The van der Waals surface area contributed by atoms with E-state index >= 15 is 0 Å². The molecule has 1 fully saturated rings. The van der Waals surface area contributed by atoms with Crippen LogP contribution in [0.3, 0.4) is 0 Å². The number of carbonyl (C=O) groups excluding carboxylic acids is 1. The Kier molecular flexibility index (Phi) is 5.40. The number of rotatable bonds is 4. The van der Waals surface area contributed by atoms with Gasteiger partial charge in [-0.1, -0.05) is 24.3 Å². The monoisotopic (exact) mass is 396 g/mol. The number of para-hydroxylation sites is 1. The highest BCUT2D eigenvalue weighted by molar-refractivity contribution is 5.95. The topological polar surface area (TPSA) is 59.0 Å². The molecule has 0 radical (unpaired) electrons. The van der Waals surface area contributed by atoms with E-state index < -0.39 is 11.6 Å². The van der Waals surface area contributed by atoms with Crippen LogP contribution in [0.15, 0.2) is 54.7 Å². The minimum Gasteiger partial charge on any atom is -0.347 e. The molecule has 5 nitrogen and oxygen atoms in total. The summed E-state index contributed by atoms with van der Waals surface area (Å²) >= 11 is 0. The van der Waals surface area contributed by atoms with E-state index in [0.29, 0.717) is 23.4 Å². The van der Waals surface area contributed by atoms with Crippen LogP contribution in [-0.2, 0) is 0 Å². The summed E-state index contributed by atoms with van der Waals surface area (Å²) in [6.45, 7) is 3.10. The van der Waals surface area contributed by atoms with Gasteiger partial charge in [-0.15, -0.1) is 0 Å². The van der Waals surface area contributed by atoms with Crippen molar-refractivity contribution in [2.45, 2.75) is 25.3 Å². The molecule has 4 rings (SSSR count). The van der Waals surface area contributed by atoms with Crippen LogP contribution in [0, 0.1) is 18.6 Å². The van der Waals surface area contributed by atoms with E-state index in [0.717, 1.165) is 24.7 Å². The lowest BCUT2D eigenvalue weighted by Crippen LogP contribution is -2.50. The van der Waals surface area contributed by atoms with Gasteiger partial charge in [0.2, 0.25) is 0 Å². The molecule has 0 aliphatic carbocycles. The molecule has 1 aliphatic rings. The number of aromatic nitrogens is 2. The van der Waals surface area contributed by atoms with E-state index in [4.69, 9.17) is 0 Å². The van der Waals surface area contributed by atoms with Gasteiger partial charge in [0.25, 0.3) is 5.91 Å². The van der Waals surface area contributed by atoms with Crippen molar-refractivity contribution in [3.63, 3.8) is 0 Å². The Morgan fingerprint density at radius 2 is 1.97 bits per heavy atom. The van der Waals surface area contributed by atoms with Gasteiger partial charge in [-0.05, 0) is 49.7 Å². The van der Waals surface area contributed by atoms with Gasteiger partial charge in [-0.25, -0.2) is 13.5 Å². The largest absolute Gasteiger partial charge is 0.347 e. The molecule has 2 heterocycles. The van der Waals surface area contributed by atoms with Crippen molar-refractivity contribution >= 4 is 5.91 Å². The number of nitrogens with zero attached hydrogens (tertiary/aromatic N) is 2. The molecule has 2 unspecified atom stereocenters. The normalized spacial score (nSPS) is 19.1. The number of hydrogen-bond donors (Lipinski definition) is 2. The first-order chi connectivity index (χ1) is 14.0. The molecule has 29 heavy (non-hydrogen) atoms. The number of benzene rings is 2. The van der Waals surface area contributed by atoms with Gasteiger partial charge in [0, 0.05) is 24.7 Å². The molecule has 1 aromatic heterocycles. The summed E-state index contributed by atoms with van der Waals surface area (Å²) in [5, 5.41) is 10.8. The summed E-state index contributed by atoms with van der Waals surface area (Å²) in [5.74, 6) is -2.07. The van der Waals surface area contributed by atoms with Gasteiger partial charge in [-0.2, -0.15) is 5.10 Å². The maximum Gasteiger partial charge on any atom is 0.255 e. The highest BCUT2D eigenvalue weighted by Gasteiger charge is 2.29. The van der Waals surface area contributed by atoms with Gasteiger partial charge < -0.3 is 10.6 Å². The summed E-state index contributed by atoms with van der Waals surface area (Å²) in [6.07, 6.45) is 2.43. The lowest BCUT2D eigenvalue weighted by molar-refractivity contribution is 0.0924. The van der Waals surface area contributed by atoms with Crippen LogP contribution in [0.25, 0.3) is 5.69 Å². The number of amides is 1. The van der Waals surface area contributed by atoms with E-state index in [1.165, 1.54) is 6.07 Å². The molecular weight excluding hydrogens is 374 g/mol. The number of hydrogen-bond acceptors (Lipinski definition) is 3. The fourth-order valence-electron chi connectivity index (χ4n) is 3.79. The molecule has 2 atom stereocenters. The summed E-state index contributed by atoms with van der Waals surface area (Å²) in [7, 11) is 0. The lowest BCUT2D eigenvalue weighted by Gasteiger charge is -2.33. The van der Waals surface area contributed by atoms with E-state index in [1.54, 1.807) is 23.9 Å². The fraction of sp³-hybridized carbons (Fsp3) is 0.273. The molecule has 150 valence electrons. The standard InChI is InChI=1S/C22H22F2N4O/c1-14-18(13-28(27-14)16-5-3-2-4-6-16)22(29)26-21-12-25-10-9-17(21)15-7-8-19(23)20(24)11-15/h2-8,11,13,17,21,25H,9-10,12H2,1H3,(H,26,29). The second-order valence-corrected chi connectivity index (χ2v) is 7.26. The number of nitrogens with one attached hydrogen (secondary N) is 2. The highest BCUT2D eigenvalue weighted by atomic mass is 19.2. The van der Waals surface area contributed by atoms with Gasteiger partial charge >= 0.3 is 0 Å². The average Bonchev–Trinajstić information content (AvgIpc) is 3.13. The minimum absolute atomic E-state index is 0.0974. The average molecular weight is 396 g/mol. The fourth-order valence-corrected chi connectivity index (χ4v) is 3.79. The lowest BCUT2D eigenvalue weighted by atomic mass is 9.86. The number of piperidine rings is 1. The summed E-state index contributed by atoms with van der Waals surface area (Å²) < 4.78 is 28.7. The van der Waals surface area contributed by atoms with Crippen molar-refractivity contribution in [3.8, 4) is 5.69 Å². The molecule has 2 aromatic carbocycles. The second kappa shape index (κ2) is 8.13. The Hall–Kier alpha value is -3.06. The maximum atomic E-state index is 13.7. The predicted octanol–water partition coefficient (Wildman–Crippen LogP) is 3.33. The Labute approximate surface area is 167 Å². The van der Waals surface area contributed by atoms with Crippen LogP contribution >= 0.6 is 0 Å². The third kappa shape index (κ3) is 4.05. The molecule has 1 aliphatic heterocycles. The maximum absolute atomic E-state index is 13.7. The summed E-state index contributed by atoms with van der Waals surface area (Å²) in [6, 6.07) is 13.3. The van der Waals surface area contributed by atoms with E-state index in [2.05, 4.69) is 15.7 Å². The first-order valence-electron chi connectivity index (χ1n) is 9.61. The third-order valence-electron chi connectivity index (χ3n) is 5.33. The van der Waals surface area contributed by atoms with Crippen LogP contribution in [0.5, 0.6) is 0 Å². The molecule has 0 bridgehead atoms. The number of aryl methyl sites for hydroxylation is 1. The van der Waals surface area contributed by atoms with Crippen molar-refractivity contribution in [1.29, 1.82) is 0 Å². The predicted molar refractivity (Wildman–Crippen MR) is 106 cm³/mol. The third-order valence-corrected chi connectivity index (χ3v) is 5.33. The molecular formula is C22H22F2N4O. The van der Waals surface area contributed by atoms with E-state index in [-0.39, 0.29) is 17.9 Å². The van der Waals surface area contributed by atoms with Crippen LogP contribution in [0.1, 0.15) is 34.0 Å². The smallest absolute Gasteiger partial charge is 0.255 e. The Morgan fingerprint density at radius 3 is 2.72 bits per heavy atom. The zero-order valence-corrected chi connectivity index (χ0v) is 16.0. The van der Waals surface area contributed by atoms with E-state index in [1.807, 2.05) is 30.3 Å². The van der Waals surface area contributed by atoms with Gasteiger partial charge in [0.1, 0.15) is 0 Å². The second-order valence-electron chi connectivity index (χ2n) is 7.26. The molecule has 7 heteroatoms. The highest BCUT2D eigenvalue weighted by Crippen LogP contribution is 2.27. The molecule has 0 saturated carbocycles. The Bertz CT molecular complexity index is 1020. The summed E-state index contributed by atoms with van der Waals surface area (Å²) in [4.78, 5) is 13.0. The van der Waals surface area contributed by atoms with Crippen molar-refractivity contribution in [3.05, 3.63) is 83.2 Å². The van der Waals surface area contributed by atoms with Crippen LogP contribution in [0.2, 0.25) is 0 Å². The van der Waals surface area contributed by atoms with Gasteiger partial charge in [0.05, 0.1) is 16.9 Å². The molecule has 0 spiro atoms. The van der Waals surface area contributed by atoms with Crippen molar-refractivity contribution in [1.82, 2.24) is 20.4 Å². The Morgan fingerprint density at radius 1 is 1.17 bits per heavy atom. The quantitative estimate of drug-likeness (QED) is 0.711. The van der Waals surface area contributed by atoms with Crippen molar-refractivity contribution < 1.29 is 13.6 Å². The first-order valence-corrected chi connectivity index (χ1v) is 9.61. The number of halogens is 2. The van der Waals surface area contributed by atoms with Crippen LogP contribution in [-0.4, -0.2) is 34.8 Å². The van der Waals surface area contributed by atoms with Crippen molar-refractivity contribution in [2.75, 3.05) is 13.1 Å². The van der Waals surface area contributed by atoms with Gasteiger partial charge in [-0.3, -0.25) is 4.79 Å². The molecule has 1 amide bonds. The first kappa shape index (κ1) is 19.3. The summed E-state index contributed by atoms with van der Waals surface area (Å²) in [5.41, 5.74) is 2.67. The van der Waals surface area contributed by atoms with E-state index in [9.17, 15) is 13.6 Å².